The number of hydrogen-bond acceptors (Lipinski definition) is 3. The maximum atomic E-state index is 6.09. The van der Waals surface area contributed by atoms with Crippen molar-refractivity contribution in [2.45, 2.75) is 32.9 Å². The number of ether oxygens (including phenoxy) is 1. The fraction of sp³-hybridized carbons (Fsp3) is 0.312. The summed E-state index contributed by atoms with van der Waals surface area (Å²) in [6.45, 7) is 7.05. The van der Waals surface area contributed by atoms with Crippen LogP contribution in [-0.2, 0) is 6.54 Å². The van der Waals surface area contributed by atoms with Gasteiger partial charge in [0.2, 0.25) is 0 Å². The Bertz CT molecular complexity index is 626. The molecule has 0 spiro atoms. The van der Waals surface area contributed by atoms with Gasteiger partial charge in [-0.25, -0.2) is 0 Å². The molecule has 0 atom stereocenters. The van der Waals surface area contributed by atoms with Crippen LogP contribution in [-0.4, -0.2) is 10.5 Å². The van der Waals surface area contributed by atoms with Crippen LogP contribution in [0.2, 0.25) is 5.02 Å². The average molecular weight is 370 g/mol. The number of benzene rings is 1. The summed E-state index contributed by atoms with van der Waals surface area (Å²) >= 11 is 9.48. The van der Waals surface area contributed by atoms with Crippen molar-refractivity contribution in [3.63, 3.8) is 0 Å². The molecule has 2 rings (SSSR count). The van der Waals surface area contributed by atoms with E-state index < -0.39 is 0 Å². The van der Waals surface area contributed by atoms with E-state index in [0.717, 1.165) is 15.8 Å². The van der Waals surface area contributed by atoms with Gasteiger partial charge in [-0.15, -0.1) is 0 Å². The molecular formula is C16H18BrClN2O. The molecule has 5 heteroatoms. The molecule has 0 unspecified atom stereocenters. The number of nitrogens with zero attached hydrogens (tertiary/aromatic N) is 1. The Balaban J connectivity index is 2.22. The van der Waals surface area contributed by atoms with Gasteiger partial charge in [-0.2, -0.15) is 0 Å². The van der Waals surface area contributed by atoms with E-state index in [0.29, 0.717) is 17.3 Å². The zero-order valence-electron chi connectivity index (χ0n) is 12.3. The van der Waals surface area contributed by atoms with E-state index in [1.54, 1.807) is 12.4 Å². The molecule has 1 aromatic heterocycles. The van der Waals surface area contributed by atoms with Crippen LogP contribution in [0.4, 0.5) is 0 Å². The fourth-order valence-corrected chi connectivity index (χ4v) is 2.26. The zero-order valence-corrected chi connectivity index (χ0v) is 14.6. The summed E-state index contributed by atoms with van der Waals surface area (Å²) in [6, 6.07) is 7.50. The van der Waals surface area contributed by atoms with Crippen molar-refractivity contribution in [3.8, 4) is 11.5 Å². The minimum atomic E-state index is 0.0247. The lowest BCUT2D eigenvalue weighted by atomic mass is 10.1. The Morgan fingerprint density at radius 1 is 1.24 bits per heavy atom. The second kappa shape index (κ2) is 6.77. The van der Waals surface area contributed by atoms with Gasteiger partial charge in [0.25, 0.3) is 0 Å². The minimum absolute atomic E-state index is 0.0247. The van der Waals surface area contributed by atoms with Gasteiger partial charge in [0.05, 0.1) is 6.20 Å². The second-order valence-electron chi connectivity index (χ2n) is 5.80. The number of rotatable bonds is 4. The quantitative estimate of drug-likeness (QED) is 0.806. The van der Waals surface area contributed by atoms with Crippen molar-refractivity contribution >= 4 is 27.5 Å². The van der Waals surface area contributed by atoms with Crippen molar-refractivity contribution in [1.82, 2.24) is 10.3 Å². The highest BCUT2D eigenvalue weighted by Crippen LogP contribution is 2.29. The van der Waals surface area contributed by atoms with Gasteiger partial charge in [-0.3, -0.25) is 4.98 Å². The van der Waals surface area contributed by atoms with Crippen molar-refractivity contribution in [2.75, 3.05) is 0 Å². The van der Waals surface area contributed by atoms with E-state index in [-0.39, 0.29) is 5.54 Å². The predicted molar refractivity (Wildman–Crippen MR) is 90.1 cm³/mol. The van der Waals surface area contributed by atoms with E-state index in [4.69, 9.17) is 16.3 Å². The summed E-state index contributed by atoms with van der Waals surface area (Å²) in [5.74, 6) is 1.46. The molecule has 112 valence electrons. The molecule has 0 fully saturated rings. The summed E-state index contributed by atoms with van der Waals surface area (Å²) in [4.78, 5) is 4.10. The van der Waals surface area contributed by atoms with Crippen molar-refractivity contribution < 1.29 is 4.74 Å². The van der Waals surface area contributed by atoms with Crippen LogP contribution >= 0.6 is 27.5 Å². The highest BCUT2D eigenvalue weighted by molar-refractivity contribution is 9.10. The molecule has 0 aliphatic carbocycles. The number of pyridine rings is 1. The van der Waals surface area contributed by atoms with Crippen molar-refractivity contribution in [2.24, 2.45) is 0 Å². The molecule has 1 N–H and O–H groups in total. The molecule has 1 heterocycles. The summed E-state index contributed by atoms with van der Waals surface area (Å²) in [6.07, 6.45) is 3.40. The van der Waals surface area contributed by atoms with Gasteiger partial charge in [-0.1, -0.05) is 11.6 Å². The summed E-state index contributed by atoms with van der Waals surface area (Å²) in [5, 5.41) is 4.13. The second-order valence-corrected chi connectivity index (χ2v) is 7.15. The lowest BCUT2D eigenvalue weighted by molar-refractivity contribution is 0.414. The Morgan fingerprint density at radius 3 is 2.67 bits per heavy atom. The van der Waals surface area contributed by atoms with Crippen LogP contribution in [0, 0.1) is 0 Å². The van der Waals surface area contributed by atoms with Gasteiger partial charge in [0.1, 0.15) is 11.5 Å². The van der Waals surface area contributed by atoms with E-state index in [9.17, 15) is 0 Å². The summed E-state index contributed by atoms with van der Waals surface area (Å²) in [5.41, 5.74) is 1.04. The third-order valence-corrected chi connectivity index (χ3v) is 3.41. The maximum absolute atomic E-state index is 6.09. The van der Waals surface area contributed by atoms with Gasteiger partial charge in [-0.05, 0) is 61.0 Å². The van der Waals surface area contributed by atoms with Gasteiger partial charge >= 0.3 is 0 Å². The first kappa shape index (κ1) is 16.3. The molecule has 0 saturated heterocycles. The van der Waals surface area contributed by atoms with Crippen molar-refractivity contribution in [3.05, 3.63) is 51.7 Å². The van der Waals surface area contributed by atoms with Gasteiger partial charge in [0.15, 0.2) is 0 Å². The Morgan fingerprint density at radius 2 is 2.00 bits per heavy atom. The highest BCUT2D eigenvalue weighted by Gasteiger charge is 2.12. The molecule has 1 aromatic carbocycles. The van der Waals surface area contributed by atoms with E-state index in [2.05, 4.69) is 47.0 Å². The lowest BCUT2D eigenvalue weighted by Crippen LogP contribution is -2.35. The van der Waals surface area contributed by atoms with Gasteiger partial charge in [0, 0.05) is 33.3 Å². The van der Waals surface area contributed by atoms with Crippen LogP contribution in [0.15, 0.2) is 41.1 Å². The molecule has 0 aliphatic heterocycles. The molecule has 21 heavy (non-hydrogen) atoms. The van der Waals surface area contributed by atoms with E-state index >= 15 is 0 Å². The third-order valence-electron chi connectivity index (χ3n) is 2.74. The molecule has 3 nitrogen and oxygen atoms in total. The van der Waals surface area contributed by atoms with Crippen molar-refractivity contribution in [1.29, 1.82) is 0 Å². The molecule has 2 aromatic rings. The van der Waals surface area contributed by atoms with Crippen LogP contribution in [0.25, 0.3) is 0 Å². The highest BCUT2D eigenvalue weighted by atomic mass is 79.9. The number of halogens is 2. The largest absolute Gasteiger partial charge is 0.455 e. The van der Waals surface area contributed by atoms with Crippen LogP contribution in [0.5, 0.6) is 11.5 Å². The first-order valence-electron chi connectivity index (χ1n) is 6.65. The molecule has 0 radical (unpaired) electrons. The lowest BCUT2D eigenvalue weighted by Gasteiger charge is -2.21. The Kier molecular flexibility index (Phi) is 5.25. The smallest absolute Gasteiger partial charge is 0.146 e. The minimum Gasteiger partial charge on any atom is -0.455 e. The first-order valence-corrected chi connectivity index (χ1v) is 7.82. The first-order chi connectivity index (χ1) is 9.83. The molecule has 0 saturated carbocycles. The Hall–Kier alpha value is -1.10. The summed E-state index contributed by atoms with van der Waals surface area (Å²) in [7, 11) is 0. The van der Waals surface area contributed by atoms with Gasteiger partial charge < -0.3 is 10.1 Å². The molecular weight excluding hydrogens is 352 g/mol. The molecule has 0 amide bonds. The number of nitrogens with one attached hydrogen (secondary N) is 1. The number of hydrogen-bond donors (Lipinski definition) is 1. The van der Waals surface area contributed by atoms with Crippen LogP contribution in [0.3, 0.4) is 0 Å². The molecule has 0 bridgehead atoms. The topological polar surface area (TPSA) is 34.1 Å². The normalized spacial score (nSPS) is 11.5. The third kappa shape index (κ3) is 5.30. The monoisotopic (exact) mass is 368 g/mol. The van der Waals surface area contributed by atoms with Crippen LogP contribution in [0.1, 0.15) is 26.3 Å². The van der Waals surface area contributed by atoms with E-state index in [1.807, 2.05) is 24.3 Å². The maximum Gasteiger partial charge on any atom is 0.146 e. The SMILES string of the molecule is CC(C)(C)NCc1cc(Cl)ccc1Oc1cncc(Br)c1. The zero-order chi connectivity index (χ0) is 15.5. The Labute approximate surface area is 138 Å². The van der Waals surface area contributed by atoms with E-state index in [1.165, 1.54) is 0 Å². The fourth-order valence-electron chi connectivity index (χ4n) is 1.72. The number of aromatic nitrogens is 1. The molecule has 0 aliphatic rings. The van der Waals surface area contributed by atoms with Crippen LogP contribution < -0.4 is 10.1 Å². The predicted octanol–water partition coefficient (Wildman–Crippen LogP) is 5.18. The summed E-state index contributed by atoms with van der Waals surface area (Å²) < 4.78 is 6.80. The average Bonchev–Trinajstić information content (AvgIpc) is 2.38. The standard InChI is InChI=1S/C16H18BrClN2O/c1-16(2,3)20-8-11-6-13(18)4-5-15(11)21-14-7-12(17)9-19-10-14/h4-7,9-10,20H,8H2,1-3H3.